The van der Waals surface area contributed by atoms with Gasteiger partial charge in [-0.2, -0.15) is 4.57 Å². The first kappa shape index (κ1) is 18.9. The fourth-order valence-corrected chi connectivity index (χ4v) is 4.41. The second-order valence-electron chi connectivity index (χ2n) is 5.85. The van der Waals surface area contributed by atoms with Crippen molar-refractivity contribution >= 4 is 44.5 Å². The molecule has 0 aliphatic carbocycles. The first-order valence-corrected chi connectivity index (χ1v) is 11.3. The van der Waals surface area contributed by atoms with Crippen molar-refractivity contribution < 1.29 is 9.30 Å². The van der Waals surface area contributed by atoms with Gasteiger partial charge in [-0.15, -0.1) is 0 Å². The highest BCUT2D eigenvalue weighted by atomic mass is 33.1. The van der Waals surface area contributed by atoms with Crippen molar-refractivity contribution in [3.05, 3.63) is 72.1 Å². The van der Waals surface area contributed by atoms with E-state index >= 15 is 0 Å². The lowest BCUT2D eigenvalue weighted by Crippen LogP contribution is -2.37. The number of aryl methyl sites for hydroxylation is 1. The molecule has 0 amide bonds. The fourth-order valence-electron chi connectivity index (χ4n) is 2.78. The third-order valence-electron chi connectivity index (χ3n) is 4.11. The Hall–Kier alpha value is -1.91. The van der Waals surface area contributed by atoms with Gasteiger partial charge in [0, 0.05) is 24.0 Å². The van der Waals surface area contributed by atoms with Gasteiger partial charge >= 0.3 is 0 Å². The van der Waals surface area contributed by atoms with Crippen LogP contribution in [-0.2, 0) is 6.54 Å². The highest BCUT2D eigenvalue weighted by Crippen LogP contribution is 2.23. The number of ether oxygens (including phenoxy) is 1. The molecule has 0 radical (unpaired) electrons. The lowest BCUT2D eigenvalue weighted by molar-refractivity contribution is -0.694. The van der Waals surface area contributed by atoms with Crippen LogP contribution in [0.2, 0.25) is 0 Å². The topological polar surface area (TPSA) is 13.1 Å². The van der Waals surface area contributed by atoms with Crippen LogP contribution < -0.4 is 9.30 Å². The van der Waals surface area contributed by atoms with E-state index in [0.717, 1.165) is 23.8 Å². The van der Waals surface area contributed by atoms with Gasteiger partial charge in [-0.1, -0.05) is 46.7 Å². The molecule has 0 N–H and O–H groups in total. The van der Waals surface area contributed by atoms with Crippen molar-refractivity contribution in [2.45, 2.75) is 13.5 Å². The van der Waals surface area contributed by atoms with Gasteiger partial charge in [0.15, 0.2) is 12.7 Å². The summed E-state index contributed by atoms with van der Waals surface area (Å²) in [6.07, 6.45) is 6.54. The van der Waals surface area contributed by atoms with Crippen LogP contribution in [0.5, 0.6) is 5.75 Å². The van der Waals surface area contributed by atoms with Gasteiger partial charge in [0.25, 0.3) is 0 Å². The van der Waals surface area contributed by atoms with E-state index in [1.165, 1.54) is 22.0 Å². The Balaban J connectivity index is 1.76. The van der Waals surface area contributed by atoms with Crippen molar-refractivity contribution in [2.75, 3.05) is 18.6 Å². The monoisotopic (exact) mass is 382 g/mol. The molecule has 0 saturated carbocycles. The fraction of sp³-hybridized carbons (Fsp3) is 0.227. The molecule has 134 valence electrons. The van der Waals surface area contributed by atoms with E-state index < -0.39 is 0 Å². The molecule has 1 aromatic heterocycles. The summed E-state index contributed by atoms with van der Waals surface area (Å²) >= 11 is 0. The minimum Gasteiger partial charge on any atom is -0.497 e. The molecular weight excluding hydrogens is 358 g/mol. The lowest BCUT2D eigenvalue weighted by Gasteiger charge is -2.04. The van der Waals surface area contributed by atoms with Gasteiger partial charge in [-0.25, -0.2) is 0 Å². The quantitative estimate of drug-likeness (QED) is 0.281. The summed E-state index contributed by atoms with van der Waals surface area (Å²) in [5, 5.41) is 2.42. The summed E-state index contributed by atoms with van der Waals surface area (Å²) in [7, 11) is 5.56. The van der Waals surface area contributed by atoms with Crippen molar-refractivity contribution in [3.8, 4) is 5.75 Å². The summed E-state index contributed by atoms with van der Waals surface area (Å²) in [5.41, 5.74) is 2.43. The molecule has 1 heterocycles. The van der Waals surface area contributed by atoms with Gasteiger partial charge in [0.2, 0.25) is 5.69 Å². The van der Waals surface area contributed by atoms with E-state index in [-0.39, 0.29) is 0 Å². The van der Waals surface area contributed by atoms with Crippen LogP contribution in [0, 0.1) is 0 Å². The number of aromatic nitrogens is 1. The zero-order chi connectivity index (χ0) is 18.2. The van der Waals surface area contributed by atoms with Crippen LogP contribution in [0.3, 0.4) is 0 Å². The molecule has 3 aromatic rings. The Labute approximate surface area is 163 Å². The van der Waals surface area contributed by atoms with Crippen molar-refractivity contribution in [3.63, 3.8) is 0 Å². The normalized spacial score (nSPS) is 11.3. The smallest absolute Gasteiger partial charge is 0.205 e. The number of fused-ring (bicyclic) bond motifs is 1. The Morgan fingerprint density at radius 1 is 0.962 bits per heavy atom. The maximum atomic E-state index is 5.30. The van der Waals surface area contributed by atoms with Crippen molar-refractivity contribution in [1.29, 1.82) is 0 Å². The largest absolute Gasteiger partial charge is 0.497 e. The minimum atomic E-state index is 0.894. The highest BCUT2D eigenvalue weighted by molar-refractivity contribution is 8.76. The standard InChI is InChI=1S/C22H24NOS2/c1-3-25-26-15-14-23-13-5-4-6-21(23)11-8-18-7-9-20-17-22(24-2)12-10-19(20)16-18/h4-13,16-17H,3,14-15H2,1-2H3/q+1/b11-8+. The van der Waals surface area contributed by atoms with Crippen LogP contribution in [0.15, 0.2) is 60.8 Å². The molecule has 4 heteroatoms. The summed E-state index contributed by atoms with van der Waals surface area (Å²) in [4.78, 5) is 0. The highest BCUT2D eigenvalue weighted by Gasteiger charge is 2.06. The SMILES string of the molecule is CCSSCC[n+]1ccccc1/C=C/c1ccc2cc(OC)ccc2c1. The molecule has 26 heavy (non-hydrogen) atoms. The molecule has 2 nitrogen and oxygen atoms in total. The number of benzene rings is 2. The second-order valence-corrected chi connectivity index (χ2v) is 8.72. The van der Waals surface area contributed by atoms with E-state index in [1.807, 2.05) is 27.7 Å². The van der Waals surface area contributed by atoms with E-state index in [0.29, 0.717) is 0 Å². The number of nitrogens with zero attached hydrogens (tertiary/aromatic N) is 1. The average molecular weight is 383 g/mol. The first-order chi connectivity index (χ1) is 12.8. The molecule has 0 unspecified atom stereocenters. The first-order valence-electron chi connectivity index (χ1n) is 8.79. The third kappa shape index (κ3) is 5.05. The molecular formula is C22H24NOS2+. The van der Waals surface area contributed by atoms with E-state index in [9.17, 15) is 0 Å². The zero-order valence-corrected chi connectivity index (χ0v) is 16.9. The zero-order valence-electron chi connectivity index (χ0n) is 15.2. The van der Waals surface area contributed by atoms with Crippen LogP contribution >= 0.6 is 21.6 Å². The molecule has 3 rings (SSSR count). The molecule has 0 saturated heterocycles. The number of hydrogen-bond donors (Lipinski definition) is 0. The minimum absolute atomic E-state index is 0.894. The molecule has 0 bridgehead atoms. The summed E-state index contributed by atoms with van der Waals surface area (Å²) in [6, 6.07) is 19.1. The van der Waals surface area contributed by atoms with E-state index in [1.54, 1.807) is 7.11 Å². The molecule has 0 spiro atoms. The molecule has 2 aromatic carbocycles. The Morgan fingerprint density at radius 2 is 1.81 bits per heavy atom. The van der Waals surface area contributed by atoms with Crippen LogP contribution in [-0.4, -0.2) is 18.6 Å². The predicted octanol–water partition coefficient (Wildman–Crippen LogP) is 5.71. The van der Waals surface area contributed by atoms with Crippen LogP contribution in [0.4, 0.5) is 0 Å². The summed E-state index contributed by atoms with van der Waals surface area (Å²) in [6.45, 7) is 3.22. The van der Waals surface area contributed by atoms with Gasteiger partial charge in [-0.3, -0.25) is 0 Å². The van der Waals surface area contributed by atoms with Crippen LogP contribution in [0.25, 0.3) is 22.9 Å². The van der Waals surface area contributed by atoms with Crippen molar-refractivity contribution in [2.24, 2.45) is 0 Å². The molecule has 0 aliphatic rings. The summed E-state index contributed by atoms with van der Waals surface area (Å²) < 4.78 is 7.61. The number of methoxy groups -OCH3 is 1. The number of pyridine rings is 1. The van der Waals surface area contributed by atoms with Crippen molar-refractivity contribution in [1.82, 2.24) is 0 Å². The molecule has 0 atom stereocenters. The van der Waals surface area contributed by atoms with Gasteiger partial charge < -0.3 is 4.74 Å². The maximum Gasteiger partial charge on any atom is 0.205 e. The predicted molar refractivity (Wildman–Crippen MR) is 117 cm³/mol. The average Bonchev–Trinajstić information content (AvgIpc) is 2.70. The second kappa shape index (κ2) is 9.70. The summed E-state index contributed by atoms with van der Waals surface area (Å²) in [5.74, 6) is 3.17. The van der Waals surface area contributed by atoms with Crippen LogP contribution in [0.1, 0.15) is 18.2 Å². The van der Waals surface area contributed by atoms with Gasteiger partial charge in [0.05, 0.1) is 12.9 Å². The maximum absolute atomic E-state index is 5.30. The third-order valence-corrected chi connectivity index (χ3v) is 6.57. The van der Waals surface area contributed by atoms with Gasteiger partial charge in [-0.05, 0) is 46.7 Å². The number of rotatable bonds is 8. The Morgan fingerprint density at radius 3 is 2.65 bits per heavy atom. The van der Waals surface area contributed by atoms with E-state index in [2.05, 4.69) is 78.4 Å². The Kier molecular flexibility index (Phi) is 7.04. The Bertz CT molecular complexity index is 892. The molecule has 0 aliphatic heterocycles. The van der Waals surface area contributed by atoms with E-state index in [4.69, 9.17) is 4.74 Å². The van der Waals surface area contributed by atoms with Gasteiger partial charge in [0.1, 0.15) is 5.75 Å². The lowest BCUT2D eigenvalue weighted by atomic mass is 10.1. The molecule has 0 fully saturated rings. The number of hydrogen-bond acceptors (Lipinski definition) is 3.